The summed E-state index contributed by atoms with van der Waals surface area (Å²) in [7, 11) is 1.64. The molecule has 3 aromatic carbocycles. The van der Waals surface area contributed by atoms with E-state index in [2.05, 4.69) is 4.98 Å². The number of amides is 1. The summed E-state index contributed by atoms with van der Waals surface area (Å²) in [6, 6.07) is 25.8. The minimum atomic E-state index is 0.102. The Hall–Kier alpha value is -4.06. The molecule has 4 aromatic rings. The smallest absolute Gasteiger partial charge is 0.227 e. The van der Waals surface area contributed by atoms with E-state index in [4.69, 9.17) is 9.47 Å². The van der Waals surface area contributed by atoms with Gasteiger partial charge in [0.2, 0.25) is 5.91 Å². The largest absolute Gasteiger partial charge is 0.493 e. The fraction of sp³-hybridized carbons (Fsp3) is 0.241. The predicted molar refractivity (Wildman–Crippen MR) is 136 cm³/mol. The van der Waals surface area contributed by atoms with Gasteiger partial charge in [-0.05, 0) is 35.2 Å². The van der Waals surface area contributed by atoms with Gasteiger partial charge in [0.1, 0.15) is 6.61 Å². The van der Waals surface area contributed by atoms with E-state index >= 15 is 0 Å². The predicted octanol–water partition coefficient (Wildman–Crippen LogP) is 5.13. The second-order valence-corrected chi connectivity index (χ2v) is 8.39. The lowest BCUT2D eigenvalue weighted by Gasteiger charge is -2.24. The lowest BCUT2D eigenvalue weighted by Crippen LogP contribution is -2.33. The zero-order valence-electron chi connectivity index (χ0n) is 20.0. The van der Waals surface area contributed by atoms with Crippen LogP contribution in [0.25, 0.3) is 0 Å². The molecule has 0 aliphatic rings. The molecule has 0 aliphatic heterocycles. The molecule has 0 fully saturated rings. The van der Waals surface area contributed by atoms with Gasteiger partial charge in [-0.25, -0.2) is 4.98 Å². The second kappa shape index (κ2) is 12.4. The molecule has 0 radical (unpaired) electrons. The number of hydrogen-bond donors (Lipinski definition) is 0. The molecular weight excluding hydrogens is 438 g/mol. The summed E-state index contributed by atoms with van der Waals surface area (Å²) >= 11 is 0. The van der Waals surface area contributed by atoms with E-state index in [-0.39, 0.29) is 5.91 Å². The quantitative estimate of drug-likeness (QED) is 0.289. The summed E-state index contributed by atoms with van der Waals surface area (Å²) in [6.45, 7) is 2.43. The molecule has 35 heavy (non-hydrogen) atoms. The molecule has 1 aromatic heterocycles. The van der Waals surface area contributed by atoms with Crippen molar-refractivity contribution in [1.82, 2.24) is 14.5 Å². The normalized spacial score (nSPS) is 10.7. The third kappa shape index (κ3) is 7.21. The summed E-state index contributed by atoms with van der Waals surface area (Å²) in [5, 5.41) is 0. The number of aryl methyl sites for hydroxylation is 1. The van der Waals surface area contributed by atoms with Gasteiger partial charge in [-0.1, -0.05) is 66.7 Å². The van der Waals surface area contributed by atoms with Gasteiger partial charge in [0.25, 0.3) is 0 Å². The molecule has 0 spiro atoms. The van der Waals surface area contributed by atoms with Gasteiger partial charge in [0.15, 0.2) is 11.5 Å². The molecule has 0 saturated heterocycles. The lowest BCUT2D eigenvalue weighted by atomic mass is 10.1. The number of imidazole rings is 1. The van der Waals surface area contributed by atoms with Crippen LogP contribution >= 0.6 is 0 Å². The molecule has 4 rings (SSSR count). The highest BCUT2D eigenvalue weighted by Crippen LogP contribution is 2.29. The average Bonchev–Trinajstić information content (AvgIpc) is 3.42. The Morgan fingerprint density at radius 2 is 1.66 bits per heavy atom. The SMILES string of the molecule is COc1cc(CN(CCCn2ccnc2)C(=O)Cc2ccccc2)ccc1OCc1ccccc1. The van der Waals surface area contributed by atoms with Crippen molar-refractivity contribution in [3.05, 3.63) is 114 Å². The molecule has 6 nitrogen and oxygen atoms in total. The van der Waals surface area contributed by atoms with Crippen molar-refractivity contribution in [3.63, 3.8) is 0 Å². The van der Waals surface area contributed by atoms with E-state index in [0.29, 0.717) is 37.6 Å². The fourth-order valence-corrected chi connectivity index (χ4v) is 3.92. The molecule has 0 saturated carbocycles. The molecule has 1 heterocycles. The van der Waals surface area contributed by atoms with Crippen molar-refractivity contribution < 1.29 is 14.3 Å². The zero-order valence-corrected chi connectivity index (χ0v) is 20.0. The summed E-state index contributed by atoms with van der Waals surface area (Å²) < 4.78 is 13.6. The van der Waals surface area contributed by atoms with E-state index in [0.717, 1.165) is 29.7 Å². The van der Waals surface area contributed by atoms with Gasteiger partial charge in [-0.3, -0.25) is 4.79 Å². The van der Waals surface area contributed by atoms with Gasteiger partial charge in [0.05, 0.1) is 19.9 Å². The van der Waals surface area contributed by atoms with Crippen LogP contribution in [-0.2, 0) is 30.9 Å². The highest BCUT2D eigenvalue weighted by Gasteiger charge is 2.16. The lowest BCUT2D eigenvalue weighted by molar-refractivity contribution is -0.131. The molecule has 0 N–H and O–H groups in total. The number of ether oxygens (including phenoxy) is 2. The van der Waals surface area contributed by atoms with E-state index < -0.39 is 0 Å². The second-order valence-electron chi connectivity index (χ2n) is 8.39. The first-order valence-electron chi connectivity index (χ1n) is 11.8. The number of methoxy groups -OCH3 is 1. The minimum absolute atomic E-state index is 0.102. The summed E-state index contributed by atoms with van der Waals surface area (Å²) in [6.07, 6.45) is 6.73. The number of nitrogens with zero attached hydrogens (tertiary/aromatic N) is 3. The molecule has 1 amide bonds. The van der Waals surface area contributed by atoms with Crippen LogP contribution in [0.2, 0.25) is 0 Å². The van der Waals surface area contributed by atoms with Crippen molar-refractivity contribution in [2.75, 3.05) is 13.7 Å². The Morgan fingerprint density at radius 1 is 0.914 bits per heavy atom. The number of hydrogen-bond acceptors (Lipinski definition) is 4. The molecular formula is C29H31N3O3. The highest BCUT2D eigenvalue weighted by molar-refractivity contribution is 5.78. The summed E-state index contributed by atoms with van der Waals surface area (Å²) in [5.41, 5.74) is 3.10. The average molecular weight is 470 g/mol. The molecule has 0 unspecified atom stereocenters. The first-order valence-corrected chi connectivity index (χ1v) is 11.8. The van der Waals surface area contributed by atoms with Gasteiger partial charge < -0.3 is 18.9 Å². The molecule has 6 heteroatoms. The van der Waals surface area contributed by atoms with Gasteiger partial charge in [-0.15, -0.1) is 0 Å². The Balaban J connectivity index is 1.44. The van der Waals surface area contributed by atoms with E-state index in [1.165, 1.54) is 0 Å². The molecule has 0 bridgehead atoms. The summed E-state index contributed by atoms with van der Waals surface area (Å²) in [4.78, 5) is 19.3. The van der Waals surface area contributed by atoms with Crippen LogP contribution in [0, 0.1) is 0 Å². The van der Waals surface area contributed by atoms with Crippen LogP contribution in [0.4, 0.5) is 0 Å². The van der Waals surface area contributed by atoms with E-state index in [9.17, 15) is 4.79 Å². The van der Waals surface area contributed by atoms with E-state index in [1.54, 1.807) is 19.6 Å². The zero-order chi connectivity index (χ0) is 24.3. The van der Waals surface area contributed by atoms with Crippen molar-refractivity contribution in [2.45, 2.75) is 32.5 Å². The third-order valence-electron chi connectivity index (χ3n) is 5.79. The molecule has 0 aliphatic carbocycles. The van der Waals surface area contributed by atoms with Crippen molar-refractivity contribution in [1.29, 1.82) is 0 Å². The fourth-order valence-electron chi connectivity index (χ4n) is 3.92. The van der Waals surface area contributed by atoms with Crippen LogP contribution in [0.1, 0.15) is 23.1 Å². The molecule has 0 atom stereocenters. The number of rotatable bonds is 12. The van der Waals surface area contributed by atoms with Gasteiger partial charge >= 0.3 is 0 Å². The first kappa shape index (κ1) is 24.1. The van der Waals surface area contributed by atoms with Crippen molar-refractivity contribution in [3.8, 4) is 11.5 Å². The minimum Gasteiger partial charge on any atom is -0.493 e. The Bertz CT molecular complexity index is 1180. The van der Waals surface area contributed by atoms with E-state index in [1.807, 2.05) is 94.5 Å². The van der Waals surface area contributed by atoms with Crippen LogP contribution in [-0.4, -0.2) is 34.0 Å². The van der Waals surface area contributed by atoms with Gasteiger partial charge in [0, 0.05) is 32.0 Å². The number of carbonyl (C=O) groups is 1. The van der Waals surface area contributed by atoms with Crippen LogP contribution in [0.5, 0.6) is 11.5 Å². The third-order valence-corrected chi connectivity index (χ3v) is 5.79. The van der Waals surface area contributed by atoms with Gasteiger partial charge in [-0.2, -0.15) is 0 Å². The maximum Gasteiger partial charge on any atom is 0.227 e. The first-order chi connectivity index (χ1) is 17.2. The number of carbonyl (C=O) groups excluding carboxylic acids is 1. The Kier molecular flexibility index (Phi) is 8.54. The maximum atomic E-state index is 13.2. The van der Waals surface area contributed by atoms with Crippen molar-refractivity contribution >= 4 is 5.91 Å². The van der Waals surface area contributed by atoms with Crippen molar-refractivity contribution in [2.24, 2.45) is 0 Å². The Labute approximate surface area is 206 Å². The highest BCUT2D eigenvalue weighted by atomic mass is 16.5. The standard InChI is InChI=1S/C29H31N3O3/c1-34-28-19-26(13-14-27(28)35-22-25-11-6-3-7-12-25)21-32(17-8-16-31-18-15-30-23-31)29(33)20-24-9-4-2-5-10-24/h2-7,9-15,18-19,23H,8,16-17,20-22H2,1H3. The summed E-state index contributed by atoms with van der Waals surface area (Å²) in [5.74, 6) is 1.44. The van der Waals surface area contributed by atoms with Crippen LogP contribution in [0.15, 0.2) is 97.6 Å². The number of aromatic nitrogens is 2. The van der Waals surface area contributed by atoms with Crippen LogP contribution in [0.3, 0.4) is 0 Å². The number of benzene rings is 3. The Morgan fingerprint density at radius 3 is 2.34 bits per heavy atom. The molecule has 180 valence electrons. The monoisotopic (exact) mass is 469 g/mol. The maximum absolute atomic E-state index is 13.2. The topological polar surface area (TPSA) is 56.6 Å². The van der Waals surface area contributed by atoms with Crippen LogP contribution < -0.4 is 9.47 Å².